The first-order valence-electron chi connectivity index (χ1n) is 14.9. The molecule has 0 bridgehead atoms. The summed E-state index contributed by atoms with van der Waals surface area (Å²) in [6.45, 7) is 3.03. The largest absolute Gasteiger partial charge is 0.389 e. The highest BCUT2D eigenvalue weighted by atomic mass is 16.7. The maximum atomic E-state index is 11.2. The number of aliphatic hydroxyl groups excluding tert-OH is 6. The Morgan fingerprint density at radius 1 is 0.683 bits per heavy atom. The van der Waals surface area contributed by atoms with Gasteiger partial charge in [0.15, 0.2) is 12.6 Å². The Kier molecular flexibility index (Phi) is 14.0. The van der Waals surface area contributed by atoms with Crippen molar-refractivity contribution in [3.8, 4) is 0 Å². The Bertz CT molecular complexity index is 759. The summed E-state index contributed by atoms with van der Waals surface area (Å²) in [4.78, 5) is 0. The molecule has 2 aliphatic heterocycles. The van der Waals surface area contributed by atoms with Crippen LogP contribution in [0.4, 0.5) is 0 Å². The van der Waals surface area contributed by atoms with Crippen molar-refractivity contribution >= 4 is 0 Å². The Morgan fingerprint density at radius 2 is 1.24 bits per heavy atom. The van der Waals surface area contributed by atoms with E-state index in [1.54, 1.807) is 0 Å². The molecule has 1 saturated carbocycles. The van der Waals surface area contributed by atoms with Crippen molar-refractivity contribution in [2.45, 2.75) is 144 Å². The number of nitrogens with two attached hydrogens (primary N) is 4. The van der Waals surface area contributed by atoms with E-state index >= 15 is 0 Å². The van der Waals surface area contributed by atoms with Crippen molar-refractivity contribution in [3.05, 3.63) is 0 Å². The fraction of sp³-hybridized carbons (Fsp3) is 1.00. The standard InChI is InChI=1S/C26H53N5O10/c1-2-3-4-5-6-7-8-31-11-15-17(32)16(30)19(34)25(39-15)40-23-12(28)9-13(29)24(22(23)37)41-26-21(36)20(35)18(33)14(10-27)38-26/h12-26,31-37H,2-11,27-30H2,1H3/t12-,13+,14-,15-,16+,17-,18-,19-,20+,21-,22-,23+,24-,25-,26-/m1/s1. The molecule has 0 amide bonds. The molecule has 15 atom stereocenters. The zero-order valence-corrected chi connectivity index (χ0v) is 23.9. The fourth-order valence-corrected chi connectivity index (χ4v) is 5.69. The summed E-state index contributed by atoms with van der Waals surface area (Å²) in [5.74, 6) is 0. The average Bonchev–Trinajstić information content (AvgIpc) is 2.95. The summed E-state index contributed by atoms with van der Waals surface area (Å²) in [6, 6.07) is -2.67. The molecule has 3 rings (SSSR count). The molecule has 3 aliphatic rings. The van der Waals surface area contributed by atoms with Crippen LogP contribution in [0, 0.1) is 0 Å². The number of ether oxygens (including phenoxy) is 4. The molecule has 15 nitrogen and oxygen atoms in total. The van der Waals surface area contributed by atoms with Crippen LogP contribution in [0.3, 0.4) is 0 Å². The van der Waals surface area contributed by atoms with Crippen LogP contribution in [0.1, 0.15) is 51.9 Å². The van der Waals surface area contributed by atoms with E-state index in [1.165, 1.54) is 25.7 Å². The third-order valence-corrected chi connectivity index (χ3v) is 8.35. The summed E-state index contributed by atoms with van der Waals surface area (Å²) in [6.07, 6.45) is -8.57. The zero-order chi connectivity index (χ0) is 30.3. The fourth-order valence-electron chi connectivity index (χ4n) is 5.69. The van der Waals surface area contributed by atoms with Crippen molar-refractivity contribution in [1.29, 1.82) is 0 Å². The molecular formula is C26H53N5O10. The number of hydrogen-bond acceptors (Lipinski definition) is 15. The van der Waals surface area contributed by atoms with Gasteiger partial charge < -0.3 is 77.8 Å². The van der Waals surface area contributed by atoms with Crippen LogP contribution >= 0.6 is 0 Å². The van der Waals surface area contributed by atoms with E-state index in [9.17, 15) is 30.6 Å². The highest BCUT2D eigenvalue weighted by molar-refractivity contribution is 5.01. The van der Waals surface area contributed by atoms with Gasteiger partial charge in [-0.15, -0.1) is 0 Å². The van der Waals surface area contributed by atoms with Crippen molar-refractivity contribution in [1.82, 2.24) is 5.32 Å². The first-order valence-corrected chi connectivity index (χ1v) is 14.9. The maximum Gasteiger partial charge on any atom is 0.187 e. The molecule has 1 aliphatic carbocycles. The highest BCUT2D eigenvalue weighted by Crippen LogP contribution is 2.31. The molecule has 242 valence electrons. The normalized spacial score (nSPS) is 45.6. The van der Waals surface area contributed by atoms with Gasteiger partial charge >= 0.3 is 0 Å². The molecule has 15 heteroatoms. The Balaban J connectivity index is 1.59. The quantitative estimate of drug-likeness (QED) is 0.0847. The van der Waals surface area contributed by atoms with E-state index in [-0.39, 0.29) is 19.5 Å². The van der Waals surface area contributed by atoms with Crippen LogP contribution in [0.25, 0.3) is 0 Å². The third kappa shape index (κ3) is 8.74. The van der Waals surface area contributed by atoms with Gasteiger partial charge in [-0.05, 0) is 19.4 Å². The second kappa shape index (κ2) is 16.5. The smallest absolute Gasteiger partial charge is 0.187 e. The SMILES string of the molecule is CCCCCCCCNC[C@H]1O[C@H](O[C@@H]2[C@@H](O)[C@H](O[C@H]3O[C@H](CN)[C@@H](O)[C@H](O)[C@H]3O)[C@@H](N)C[C@H]2N)[C@H](O)[C@@H](N)[C@@H]1O. The zero-order valence-electron chi connectivity index (χ0n) is 23.9. The minimum atomic E-state index is -1.64. The Morgan fingerprint density at radius 3 is 1.85 bits per heavy atom. The third-order valence-electron chi connectivity index (χ3n) is 8.35. The van der Waals surface area contributed by atoms with Crippen LogP contribution in [0.5, 0.6) is 0 Å². The molecule has 0 aromatic carbocycles. The molecule has 0 unspecified atom stereocenters. The van der Waals surface area contributed by atoms with Crippen molar-refractivity contribution < 1.29 is 49.6 Å². The van der Waals surface area contributed by atoms with Crippen LogP contribution in [0.2, 0.25) is 0 Å². The van der Waals surface area contributed by atoms with Crippen LogP contribution in [-0.2, 0) is 18.9 Å². The lowest BCUT2D eigenvalue weighted by atomic mass is 9.84. The molecule has 0 spiro atoms. The first-order chi connectivity index (χ1) is 19.5. The van der Waals surface area contributed by atoms with E-state index in [2.05, 4.69) is 12.2 Å². The molecule has 2 heterocycles. The predicted octanol–water partition coefficient (Wildman–Crippen LogP) is -4.33. The van der Waals surface area contributed by atoms with E-state index in [0.29, 0.717) is 0 Å². The van der Waals surface area contributed by atoms with Gasteiger partial charge in [-0.1, -0.05) is 39.0 Å². The van der Waals surface area contributed by atoms with E-state index < -0.39 is 91.7 Å². The first kappa shape index (κ1) is 34.9. The van der Waals surface area contributed by atoms with Gasteiger partial charge in [-0.25, -0.2) is 0 Å². The van der Waals surface area contributed by atoms with Crippen LogP contribution in [0.15, 0.2) is 0 Å². The molecule has 3 fully saturated rings. The van der Waals surface area contributed by atoms with Crippen molar-refractivity contribution in [2.75, 3.05) is 19.6 Å². The van der Waals surface area contributed by atoms with Gasteiger partial charge in [0.25, 0.3) is 0 Å². The minimum absolute atomic E-state index is 0.126. The lowest BCUT2D eigenvalue weighted by Crippen LogP contribution is -2.68. The molecule has 0 aromatic rings. The summed E-state index contributed by atoms with van der Waals surface area (Å²) in [5.41, 5.74) is 24.2. The molecule has 15 N–H and O–H groups in total. The van der Waals surface area contributed by atoms with Gasteiger partial charge in [0.2, 0.25) is 0 Å². The Hall–Kier alpha value is -0.600. The average molecular weight is 596 g/mol. The monoisotopic (exact) mass is 595 g/mol. The number of nitrogens with one attached hydrogen (secondary N) is 1. The van der Waals surface area contributed by atoms with Gasteiger partial charge in [-0.3, -0.25) is 0 Å². The minimum Gasteiger partial charge on any atom is -0.389 e. The maximum absolute atomic E-state index is 11.2. The van der Waals surface area contributed by atoms with Crippen molar-refractivity contribution in [2.24, 2.45) is 22.9 Å². The summed E-state index contributed by atoms with van der Waals surface area (Å²) in [7, 11) is 0. The second-order valence-corrected chi connectivity index (χ2v) is 11.6. The molecular weight excluding hydrogens is 542 g/mol. The number of unbranched alkanes of at least 4 members (excludes halogenated alkanes) is 5. The predicted molar refractivity (Wildman–Crippen MR) is 147 cm³/mol. The van der Waals surface area contributed by atoms with Gasteiger partial charge in [-0.2, -0.15) is 0 Å². The van der Waals surface area contributed by atoms with Gasteiger partial charge in [0.05, 0.1) is 12.1 Å². The van der Waals surface area contributed by atoms with Crippen LogP contribution in [-0.4, -0.2) is 142 Å². The van der Waals surface area contributed by atoms with E-state index in [1.807, 2.05) is 0 Å². The lowest BCUT2D eigenvalue weighted by Gasteiger charge is -2.48. The molecule has 0 aromatic heterocycles. The van der Waals surface area contributed by atoms with Crippen molar-refractivity contribution in [3.63, 3.8) is 0 Å². The number of rotatable bonds is 14. The van der Waals surface area contributed by atoms with E-state index in [4.69, 9.17) is 41.9 Å². The summed E-state index contributed by atoms with van der Waals surface area (Å²) >= 11 is 0. The van der Waals surface area contributed by atoms with Gasteiger partial charge in [0.1, 0.15) is 54.9 Å². The van der Waals surface area contributed by atoms with Crippen LogP contribution < -0.4 is 28.3 Å². The lowest BCUT2D eigenvalue weighted by molar-refractivity contribution is -0.330. The topological polar surface area (TPSA) is 274 Å². The molecule has 2 saturated heterocycles. The molecule has 41 heavy (non-hydrogen) atoms. The Labute approximate surface area is 241 Å². The summed E-state index contributed by atoms with van der Waals surface area (Å²) in [5, 5.41) is 66.4. The number of aliphatic hydroxyl groups is 6. The molecule has 0 radical (unpaired) electrons. The number of hydrogen-bond donors (Lipinski definition) is 11. The second-order valence-electron chi connectivity index (χ2n) is 11.6. The highest BCUT2D eigenvalue weighted by Gasteiger charge is 2.51. The van der Waals surface area contributed by atoms with Gasteiger partial charge in [0, 0.05) is 25.2 Å². The van der Waals surface area contributed by atoms with E-state index in [0.717, 1.165) is 19.4 Å². The summed E-state index contributed by atoms with van der Waals surface area (Å²) < 4.78 is 23.2.